The molecular weight excluding hydrogens is 1090 g/mol. The maximum Gasteiger partial charge on any atom is 0.306 e. The topological polar surface area (TPSA) is 175 Å². The molecule has 8 unspecified atom stereocenters. The van der Waals surface area contributed by atoms with Crippen LogP contribution in [0.1, 0.15) is 245 Å². The first-order chi connectivity index (χ1) is 42.7. The number of aliphatic hydroxyl groups is 5. The van der Waals surface area contributed by atoms with Crippen molar-refractivity contribution in [1.82, 2.24) is 5.32 Å². The molecule has 1 fully saturated rings. The summed E-state index contributed by atoms with van der Waals surface area (Å²) in [5.41, 5.74) is 0. The first-order valence-corrected chi connectivity index (χ1v) is 34.3. The highest BCUT2D eigenvalue weighted by Gasteiger charge is 2.47. The second kappa shape index (κ2) is 61.5. The van der Waals surface area contributed by atoms with E-state index in [1.54, 1.807) is 6.08 Å². The number of ether oxygens (including phenoxy) is 3. The number of carbonyl (C=O) groups is 2. The van der Waals surface area contributed by atoms with Crippen LogP contribution in [0.15, 0.2) is 158 Å². The zero-order valence-corrected chi connectivity index (χ0v) is 54.6. The summed E-state index contributed by atoms with van der Waals surface area (Å²) in [6.45, 7) is 5.52. The quantitative estimate of drug-likeness (QED) is 0.0195. The minimum atomic E-state index is -1.64. The number of unbranched alkanes of at least 4 members (excludes halogenated alkanes) is 18. The Kier molecular flexibility index (Phi) is 56.8. The van der Waals surface area contributed by atoms with Crippen molar-refractivity contribution in [2.24, 2.45) is 0 Å². The largest absolute Gasteiger partial charge is 0.454 e. The van der Waals surface area contributed by atoms with Gasteiger partial charge in [0.05, 0.1) is 25.4 Å². The third-order valence-electron chi connectivity index (χ3n) is 14.9. The van der Waals surface area contributed by atoms with Gasteiger partial charge in [0, 0.05) is 6.42 Å². The first-order valence-electron chi connectivity index (χ1n) is 34.3. The number of aliphatic hydroxyl groups excluding tert-OH is 5. The van der Waals surface area contributed by atoms with Crippen LogP contribution in [-0.4, -0.2) is 99.6 Å². The second-order valence-corrected chi connectivity index (χ2v) is 22.8. The fourth-order valence-corrected chi connectivity index (χ4v) is 9.60. The van der Waals surface area contributed by atoms with Crippen LogP contribution >= 0.6 is 0 Å². The van der Waals surface area contributed by atoms with Gasteiger partial charge in [-0.05, 0) is 128 Å². The van der Waals surface area contributed by atoms with E-state index in [0.29, 0.717) is 12.8 Å². The average molecular weight is 1210 g/mol. The van der Waals surface area contributed by atoms with Crippen molar-refractivity contribution in [2.45, 2.75) is 294 Å². The van der Waals surface area contributed by atoms with Crippen molar-refractivity contribution in [3.05, 3.63) is 158 Å². The molecule has 0 saturated carbocycles. The molecule has 11 nitrogen and oxygen atoms in total. The van der Waals surface area contributed by atoms with Crippen LogP contribution in [-0.2, 0) is 23.8 Å². The molecule has 0 aromatic carbocycles. The van der Waals surface area contributed by atoms with Crippen LogP contribution in [0.2, 0.25) is 0 Å². The van der Waals surface area contributed by atoms with Crippen LogP contribution in [0.25, 0.3) is 0 Å². The summed E-state index contributed by atoms with van der Waals surface area (Å²) in [5.74, 6) is -1.25. The van der Waals surface area contributed by atoms with Crippen LogP contribution in [0.3, 0.4) is 0 Å². The molecule has 0 radical (unpaired) electrons. The van der Waals surface area contributed by atoms with Gasteiger partial charge in [0.15, 0.2) is 12.4 Å². The third-order valence-corrected chi connectivity index (χ3v) is 14.9. The summed E-state index contributed by atoms with van der Waals surface area (Å²) in [6, 6.07) is -1.05. The maximum absolute atomic E-state index is 13.5. The molecule has 1 heterocycles. The van der Waals surface area contributed by atoms with Crippen molar-refractivity contribution >= 4 is 11.9 Å². The van der Waals surface area contributed by atoms with Gasteiger partial charge in [-0.1, -0.05) is 269 Å². The van der Waals surface area contributed by atoms with Crippen molar-refractivity contribution in [3.63, 3.8) is 0 Å². The van der Waals surface area contributed by atoms with Gasteiger partial charge in [0.1, 0.15) is 24.4 Å². The molecule has 87 heavy (non-hydrogen) atoms. The molecule has 0 spiro atoms. The van der Waals surface area contributed by atoms with Gasteiger partial charge >= 0.3 is 5.97 Å². The fraction of sp³-hybridized carbons (Fsp3) is 0.632. The van der Waals surface area contributed by atoms with Crippen molar-refractivity contribution in [2.75, 3.05) is 13.2 Å². The highest BCUT2D eigenvalue weighted by atomic mass is 16.7. The Labute approximate surface area is 529 Å². The third kappa shape index (κ3) is 48.8. The Balaban J connectivity index is 2.64. The lowest BCUT2D eigenvalue weighted by Crippen LogP contribution is -2.61. The van der Waals surface area contributed by atoms with Gasteiger partial charge in [-0.25, -0.2) is 0 Å². The summed E-state index contributed by atoms with van der Waals surface area (Å²) in [6.07, 6.45) is 79.9. The molecule has 1 amide bonds. The molecule has 492 valence electrons. The van der Waals surface area contributed by atoms with E-state index in [4.69, 9.17) is 14.2 Å². The number of rotatable bonds is 56. The lowest BCUT2D eigenvalue weighted by atomic mass is 9.99. The summed E-state index contributed by atoms with van der Waals surface area (Å²) in [5, 5.41) is 57.1. The lowest BCUT2D eigenvalue weighted by Gasteiger charge is -2.41. The molecule has 0 bridgehead atoms. The minimum Gasteiger partial charge on any atom is -0.454 e. The molecule has 1 rings (SSSR count). The molecule has 0 aromatic rings. The van der Waals surface area contributed by atoms with Crippen molar-refractivity contribution < 1.29 is 49.3 Å². The fourth-order valence-electron chi connectivity index (χ4n) is 9.60. The van der Waals surface area contributed by atoms with Gasteiger partial charge in [-0.2, -0.15) is 0 Å². The Hall–Kier alpha value is -4.72. The van der Waals surface area contributed by atoms with Gasteiger partial charge in [-0.3, -0.25) is 9.59 Å². The van der Waals surface area contributed by atoms with Gasteiger partial charge in [-0.15, -0.1) is 0 Å². The molecule has 0 aromatic heterocycles. The SMILES string of the molecule is CC/C=C\C/C=C\C/C=C\C/C=C\C/C=C\C/C=C\CCCCCCCC(O)C(=O)NC(COC1OC(CO)C(O)C(O)C1OC(=O)CCCCCC/C=C\C/C=C\C/C=C\C/C=C\C/C=C\C/C=C\CC)C(O)/C=C/CCCCCCCCCCC. The number of esters is 1. The number of carbonyl (C=O) groups excluding carboxylic acids is 2. The zero-order chi connectivity index (χ0) is 63.1. The Morgan fingerprint density at radius 3 is 1.24 bits per heavy atom. The van der Waals surface area contributed by atoms with E-state index in [-0.39, 0.29) is 19.4 Å². The summed E-state index contributed by atoms with van der Waals surface area (Å²) in [7, 11) is 0. The van der Waals surface area contributed by atoms with Gasteiger partial charge in [0.25, 0.3) is 0 Å². The number of hydrogen-bond donors (Lipinski definition) is 6. The number of amides is 1. The van der Waals surface area contributed by atoms with Gasteiger partial charge in [0.2, 0.25) is 5.91 Å². The van der Waals surface area contributed by atoms with E-state index in [0.717, 1.165) is 161 Å². The highest BCUT2D eigenvalue weighted by molar-refractivity contribution is 5.80. The second-order valence-electron chi connectivity index (χ2n) is 22.8. The van der Waals surface area contributed by atoms with E-state index in [9.17, 15) is 35.1 Å². The molecule has 6 N–H and O–H groups in total. The molecule has 8 atom stereocenters. The first kappa shape index (κ1) is 80.3. The van der Waals surface area contributed by atoms with Crippen molar-refractivity contribution in [1.29, 1.82) is 0 Å². The van der Waals surface area contributed by atoms with E-state index >= 15 is 0 Å². The van der Waals surface area contributed by atoms with Crippen LogP contribution < -0.4 is 5.32 Å². The monoisotopic (exact) mass is 1210 g/mol. The number of allylic oxidation sites excluding steroid dienone is 25. The van der Waals surface area contributed by atoms with Gasteiger partial charge < -0.3 is 45.1 Å². The summed E-state index contributed by atoms with van der Waals surface area (Å²) >= 11 is 0. The highest BCUT2D eigenvalue weighted by Crippen LogP contribution is 2.26. The lowest BCUT2D eigenvalue weighted by molar-refractivity contribution is -0.305. The van der Waals surface area contributed by atoms with E-state index in [1.165, 1.54) is 38.5 Å². The van der Waals surface area contributed by atoms with E-state index < -0.39 is 67.4 Å². The molecular formula is C76H123NO10. The Morgan fingerprint density at radius 1 is 0.460 bits per heavy atom. The molecule has 1 aliphatic rings. The maximum atomic E-state index is 13.5. The van der Waals surface area contributed by atoms with E-state index in [2.05, 4.69) is 172 Å². The number of hydrogen-bond acceptors (Lipinski definition) is 10. The average Bonchev–Trinajstić information content (AvgIpc) is 1.30. The van der Waals surface area contributed by atoms with Crippen LogP contribution in [0.5, 0.6) is 0 Å². The zero-order valence-electron chi connectivity index (χ0n) is 54.6. The summed E-state index contributed by atoms with van der Waals surface area (Å²) < 4.78 is 17.6. The normalized spacial score (nSPS) is 19.3. The predicted molar refractivity (Wildman–Crippen MR) is 365 cm³/mol. The Bertz CT molecular complexity index is 2020. The van der Waals surface area contributed by atoms with Crippen LogP contribution in [0, 0.1) is 0 Å². The predicted octanol–water partition coefficient (Wildman–Crippen LogP) is 17.5. The van der Waals surface area contributed by atoms with Crippen molar-refractivity contribution in [3.8, 4) is 0 Å². The Morgan fingerprint density at radius 2 is 0.828 bits per heavy atom. The smallest absolute Gasteiger partial charge is 0.306 e. The minimum absolute atomic E-state index is 0.0821. The molecule has 0 aliphatic carbocycles. The summed E-state index contributed by atoms with van der Waals surface area (Å²) in [4.78, 5) is 26.6. The molecule has 1 saturated heterocycles. The van der Waals surface area contributed by atoms with Crippen LogP contribution in [0.4, 0.5) is 0 Å². The standard InChI is InChI=1S/C76H123NO10/c1-4-7-10-13-16-19-22-24-26-28-30-32-34-36-37-39-41-43-45-48-51-54-57-60-63-69(80)75(84)77-67(68(79)62-59-56-53-50-47-21-18-15-12-9-6-3)66-85-76-74(73(83)72(82)70(65-78)86-76)87-71(81)64-61-58-55-52-49-46-44-42-40-38-35-33-31-29-27-25-23-20-17-14-11-8-5-2/h7-8,10-11,16-17,19-20,24-27,30-33,36-38,40-41,43-44,46,59,62,67-70,72-74,76,78-80,82-83H,4-6,9,12-15,18,21-23,28-29,34-35,39,42,45,47-58,60-61,63-66H2,1-3H3,(H,77,84)/b10-7-,11-8-,19-16-,20-17-,26-24-,27-25-,32-30-,33-31-,37-36-,40-38-,43-41-,46-44-,62-59+. The number of nitrogens with one attached hydrogen (secondary N) is 1. The van der Waals surface area contributed by atoms with E-state index in [1.807, 2.05) is 6.08 Å². The molecule has 1 aliphatic heterocycles. The molecule has 11 heteroatoms.